The predicted octanol–water partition coefficient (Wildman–Crippen LogP) is 3.18. The highest BCUT2D eigenvalue weighted by Crippen LogP contribution is 2.24. The van der Waals surface area contributed by atoms with E-state index in [-0.39, 0.29) is 4.90 Å². The van der Waals surface area contributed by atoms with E-state index in [0.29, 0.717) is 39.7 Å². The van der Waals surface area contributed by atoms with E-state index in [1.807, 2.05) is 0 Å². The molecule has 0 aliphatic rings. The number of hydrogen-bond donors (Lipinski definition) is 3. The molecule has 8 nitrogen and oxygen atoms in total. The third-order valence-electron chi connectivity index (χ3n) is 3.37. The lowest BCUT2D eigenvalue weighted by Gasteiger charge is -2.09. The van der Waals surface area contributed by atoms with E-state index in [9.17, 15) is 8.42 Å². The van der Waals surface area contributed by atoms with E-state index in [1.165, 1.54) is 18.5 Å². The summed E-state index contributed by atoms with van der Waals surface area (Å²) < 4.78 is 22.8. The summed E-state index contributed by atoms with van der Waals surface area (Å²) in [5, 5.41) is 12.1. The lowest BCUT2D eigenvalue weighted by Crippen LogP contribution is -2.13. The maximum atomic E-state index is 11.4. The fourth-order valence-electron chi connectivity index (χ4n) is 2.21. The fourth-order valence-corrected chi connectivity index (χ4v) is 3.32. The number of sulfonamides is 1. The molecule has 3 rings (SSSR count). The SMILES string of the molecule is NS(=O)(=O)c1cccc(CNc2ncnc(Nc3cc(Cl)cc(Cl)c3)n2)c1. The normalized spacial score (nSPS) is 11.2. The van der Waals surface area contributed by atoms with Gasteiger partial charge in [0.15, 0.2) is 0 Å². The van der Waals surface area contributed by atoms with Gasteiger partial charge >= 0.3 is 0 Å². The summed E-state index contributed by atoms with van der Waals surface area (Å²) in [7, 11) is -3.76. The third-order valence-corrected chi connectivity index (χ3v) is 4.72. The van der Waals surface area contributed by atoms with Gasteiger partial charge in [0.1, 0.15) is 6.33 Å². The summed E-state index contributed by atoms with van der Waals surface area (Å²) in [5.74, 6) is 0.603. The number of nitrogens with one attached hydrogen (secondary N) is 2. The first kappa shape index (κ1) is 19.3. The first-order valence-electron chi connectivity index (χ1n) is 7.57. The van der Waals surface area contributed by atoms with Gasteiger partial charge in [0.25, 0.3) is 0 Å². The number of primary sulfonamides is 1. The van der Waals surface area contributed by atoms with Crippen molar-refractivity contribution in [3.05, 3.63) is 64.4 Å². The molecule has 0 aliphatic heterocycles. The van der Waals surface area contributed by atoms with Crippen LogP contribution in [0.15, 0.2) is 53.7 Å². The smallest absolute Gasteiger partial charge is 0.238 e. The van der Waals surface area contributed by atoms with Crippen LogP contribution in [-0.2, 0) is 16.6 Å². The van der Waals surface area contributed by atoms with Gasteiger partial charge < -0.3 is 10.6 Å². The number of anilines is 3. The molecule has 11 heteroatoms. The van der Waals surface area contributed by atoms with E-state index < -0.39 is 10.0 Å². The second-order valence-corrected chi connectivity index (χ2v) is 7.90. The van der Waals surface area contributed by atoms with Gasteiger partial charge in [-0.05, 0) is 35.9 Å². The Labute approximate surface area is 165 Å². The van der Waals surface area contributed by atoms with Gasteiger partial charge in [0.05, 0.1) is 4.90 Å². The minimum atomic E-state index is -3.76. The molecule has 3 aromatic rings. The van der Waals surface area contributed by atoms with Crippen LogP contribution in [0.3, 0.4) is 0 Å². The second-order valence-electron chi connectivity index (χ2n) is 5.46. The quantitative estimate of drug-likeness (QED) is 0.554. The molecule has 0 saturated heterocycles. The Bertz CT molecular complexity index is 1060. The summed E-state index contributed by atoms with van der Waals surface area (Å²) >= 11 is 11.9. The summed E-state index contributed by atoms with van der Waals surface area (Å²) in [6.07, 6.45) is 1.34. The molecule has 0 radical (unpaired) electrons. The Morgan fingerprint density at radius 1 is 1.00 bits per heavy atom. The maximum absolute atomic E-state index is 11.4. The molecule has 27 heavy (non-hydrogen) atoms. The highest BCUT2D eigenvalue weighted by Gasteiger charge is 2.08. The maximum Gasteiger partial charge on any atom is 0.238 e. The largest absolute Gasteiger partial charge is 0.350 e. The van der Waals surface area contributed by atoms with Crippen molar-refractivity contribution < 1.29 is 8.42 Å². The van der Waals surface area contributed by atoms with Gasteiger partial charge in [-0.3, -0.25) is 0 Å². The van der Waals surface area contributed by atoms with E-state index in [1.54, 1.807) is 30.3 Å². The Morgan fingerprint density at radius 3 is 2.41 bits per heavy atom. The van der Waals surface area contributed by atoms with Crippen molar-refractivity contribution in [2.24, 2.45) is 5.14 Å². The first-order chi connectivity index (χ1) is 12.8. The molecule has 0 amide bonds. The van der Waals surface area contributed by atoms with Crippen LogP contribution in [0.4, 0.5) is 17.6 Å². The molecule has 0 unspecified atom stereocenters. The molecule has 1 heterocycles. The molecule has 2 aromatic carbocycles. The lowest BCUT2D eigenvalue weighted by atomic mass is 10.2. The zero-order valence-corrected chi connectivity index (χ0v) is 16.1. The van der Waals surface area contributed by atoms with Crippen LogP contribution in [0.25, 0.3) is 0 Å². The van der Waals surface area contributed by atoms with Crippen LogP contribution in [-0.4, -0.2) is 23.4 Å². The molecule has 140 valence electrons. The number of halogens is 2. The molecule has 0 atom stereocenters. The van der Waals surface area contributed by atoms with E-state index in [2.05, 4.69) is 25.6 Å². The second kappa shape index (κ2) is 8.05. The molecule has 0 fully saturated rings. The van der Waals surface area contributed by atoms with Crippen molar-refractivity contribution in [1.29, 1.82) is 0 Å². The van der Waals surface area contributed by atoms with Gasteiger partial charge in [0.2, 0.25) is 21.9 Å². The molecule has 0 aliphatic carbocycles. The Kier molecular flexibility index (Phi) is 5.76. The van der Waals surface area contributed by atoms with Crippen LogP contribution in [0.5, 0.6) is 0 Å². The molecule has 0 bridgehead atoms. The minimum Gasteiger partial charge on any atom is -0.350 e. The van der Waals surface area contributed by atoms with Crippen LogP contribution in [0, 0.1) is 0 Å². The zero-order valence-electron chi connectivity index (χ0n) is 13.7. The van der Waals surface area contributed by atoms with Gasteiger partial charge in [-0.15, -0.1) is 0 Å². The zero-order chi connectivity index (χ0) is 19.4. The van der Waals surface area contributed by atoms with Crippen LogP contribution in [0.2, 0.25) is 10.0 Å². The van der Waals surface area contributed by atoms with Crippen molar-refractivity contribution in [1.82, 2.24) is 15.0 Å². The molecular formula is C16H14Cl2N6O2S. The number of benzene rings is 2. The van der Waals surface area contributed by atoms with Crippen molar-refractivity contribution in [2.45, 2.75) is 11.4 Å². The minimum absolute atomic E-state index is 0.0395. The average Bonchev–Trinajstić information content (AvgIpc) is 2.59. The number of nitrogens with two attached hydrogens (primary N) is 1. The Hall–Kier alpha value is -2.46. The average molecular weight is 425 g/mol. The van der Waals surface area contributed by atoms with Crippen molar-refractivity contribution in [3.63, 3.8) is 0 Å². The first-order valence-corrected chi connectivity index (χ1v) is 9.87. The lowest BCUT2D eigenvalue weighted by molar-refractivity contribution is 0.597. The number of rotatable bonds is 6. The molecular weight excluding hydrogens is 411 g/mol. The van der Waals surface area contributed by atoms with Gasteiger partial charge in [-0.2, -0.15) is 4.98 Å². The molecule has 1 aromatic heterocycles. The fraction of sp³-hybridized carbons (Fsp3) is 0.0625. The topological polar surface area (TPSA) is 123 Å². The highest BCUT2D eigenvalue weighted by atomic mass is 35.5. The third kappa shape index (κ3) is 5.51. The number of nitrogens with zero attached hydrogens (tertiary/aromatic N) is 3. The van der Waals surface area contributed by atoms with Crippen LogP contribution in [0.1, 0.15) is 5.56 Å². The highest BCUT2D eigenvalue weighted by molar-refractivity contribution is 7.89. The van der Waals surface area contributed by atoms with E-state index in [4.69, 9.17) is 28.3 Å². The van der Waals surface area contributed by atoms with Gasteiger partial charge in [0, 0.05) is 22.3 Å². The van der Waals surface area contributed by atoms with Gasteiger partial charge in [-0.1, -0.05) is 35.3 Å². The summed E-state index contributed by atoms with van der Waals surface area (Å²) in [5.41, 5.74) is 1.34. The van der Waals surface area contributed by atoms with Crippen LogP contribution < -0.4 is 15.8 Å². The molecule has 0 spiro atoms. The Morgan fingerprint density at radius 2 is 1.70 bits per heavy atom. The number of hydrogen-bond acceptors (Lipinski definition) is 7. The summed E-state index contributed by atoms with van der Waals surface area (Å²) in [4.78, 5) is 12.4. The van der Waals surface area contributed by atoms with Gasteiger partial charge in [-0.25, -0.2) is 23.5 Å². The van der Waals surface area contributed by atoms with E-state index >= 15 is 0 Å². The Balaban J connectivity index is 1.71. The number of aromatic nitrogens is 3. The van der Waals surface area contributed by atoms with E-state index in [0.717, 1.165) is 0 Å². The summed E-state index contributed by atoms with van der Waals surface area (Å²) in [6, 6.07) is 11.3. The monoisotopic (exact) mass is 424 g/mol. The van der Waals surface area contributed by atoms with Crippen molar-refractivity contribution in [3.8, 4) is 0 Å². The summed E-state index contributed by atoms with van der Waals surface area (Å²) in [6.45, 7) is 0.301. The van der Waals surface area contributed by atoms with Crippen molar-refractivity contribution >= 4 is 50.8 Å². The van der Waals surface area contributed by atoms with Crippen LogP contribution >= 0.6 is 23.2 Å². The predicted molar refractivity (Wildman–Crippen MR) is 105 cm³/mol. The standard InChI is InChI=1S/C16H14Cl2N6O2S/c17-11-5-12(18)7-13(6-11)23-16-22-9-21-15(24-16)20-8-10-2-1-3-14(4-10)27(19,25)26/h1-7,9H,8H2,(H2,19,25,26)(H2,20,21,22,23,24). The molecule has 4 N–H and O–H groups in total. The van der Waals surface area contributed by atoms with Crippen molar-refractivity contribution in [2.75, 3.05) is 10.6 Å². The molecule has 0 saturated carbocycles.